The van der Waals surface area contributed by atoms with Crippen molar-refractivity contribution in [1.82, 2.24) is 4.90 Å². The molecule has 0 bridgehead atoms. The Bertz CT molecular complexity index is 430. The molecule has 100 valence electrons. The lowest BCUT2D eigenvalue weighted by Gasteiger charge is -2.38. The number of nitrogens with zero attached hydrogens (tertiary/aromatic N) is 1. The van der Waals surface area contributed by atoms with E-state index in [1.54, 1.807) is 0 Å². The van der Waals surface area contributed by atoms with Gasteiger partial charge in [-0.25, -0.2) is 0 Å². The molecule has 0 N–H and O–H groups in total. The van der Waals surface area contributed by atoms with Crippen LogP contribution in [0, 0.1) is 0 Å². The Morgan fingerprint density at radius 1 is 1.61 bits per heavy atom. The van der Waals surface area contributed by atoms with E-state index in [1.165, 1.54) is 11.3 Å². The molecule has 1 saturated heterocycles. The van der Waals surface area contributed by atoms with Gasteiger partial charge in [-0.15, -0.1) is 11.3 Å². The number of rotatable bonds is 2. The molecule has 1 aromatic heterocycles. The summed E-state index contributed by atoms with van der Waals surface area (Å²) in [6, 6.07) is 2.07. The first kappa shape index (κ1) is 14.5. The Labute approximate surface area is 128 Å². The van der Waals surface area contributed by atoms with Crippen LogP contribution in [0.25, 0.3) is 0 Å². The molecule has 0 radical (unpaired) electrons. The first-order chi connectivity index (χ1) is 8.52. The van der Waals surface area contributed by atoms with Crippen molar-refractivity contribution in [2.75, 3.05) is 13.2 Å². The van der Waals surface area contributed by atoms with E-state index in [2.05, 4.69) is 38.8 Å². The van der Waals surface area contributed by atoms with Gasteiger partial charge in [0.2, 0.25) is 0 Å². The third-order valence-electron chi connectivity index (χ3n) is 3.06. The summed E-state index contributed by atoms with van der Waals surface area (Å²) in [5.41, 5.74) is 0. The van der Waals surface area contributed by atoms with Crippen LogP contribution in [0.5, 0.6) is 0 Å². The maximum atomic E-state index is 12.5. The van der Waals surface area contributed by atoms with Crippen molar-refractivity contribution in [1.29, 1.82) is 0 Å². The molecule has 6 heteroatoms. The van der Waals surface area contributed by atoms with Gasteiger partial charge in [-0.1, -0.05) is 6.92 Å². The van der Waals surface area contributed by atoms with Crippen LogP contribution in [0.3, 0.4) is 0 Å². The van der Waals surface area contributed by atoms with Gasteiger partial charge in [0.05, 0.1) is 27.4 Å². The van der Waals surface area contributed by atoms with Gasteiger partial charge in [0, 0.05) is 11.0 Å². The van der Waals surface area contributed by atoms with Crippen LogP contribution in [0.2, 0.25) is 0 Å². The summed E-state index contributed by atoms with van der Waals surface area (Å²) >= 11 is 8.32. The van der Waals surface area contributed by atoms with Gasteiger partial charge in [-0.2, -0.15) is 0 Å². The fourth-order valence-electron chi connectivity index (χ4n) is 2.02. The Hall–Kier alpha value is 0.0900. The number of ether oxygens (including phenoxy) is 1. The Morgan fingerprint density at radius 2 is 2.33 bits per heavy atom. The number of thiophene rings is 1. The first-order valence-corrected chi connectivity index (χ1v) is 8.30. The van der Waals surface area contributed by atoms with Crippen LogP contribution in [-0.2, 0) is 4.74 Å². The molecule has 1 aliphatic rings. The topological polar surface area (TPSA) is 29.5 Å². The Balaban J connectivity index is 2.20. The van der Waals surface area contributed by atoms with Crippen molar-refractivity contribution in [2.24, 2.45) is 0 Å². The zero-order valence-electron chi connectivity index (χ0n) is 10.3. The van der Waals surface area contributed by atoms with Crippen molar-refractivity contribution in [2.45, 2.75) is 32.4 Å². The second-order valence-electron chi connectivity index (χ2n) is 4.40. The van der Waals surface area contributed by atoms with Crippen LogP contribution in [-0.4, -0.2) is 36.1 Å². The van der Waals surface area contributed by atoms with Crippen LogP contribution >= 0.6 is 43.2 Å². The molecule has 2 rings (SSSR count). The third kappa shape index (κ3) is 2.98. The van der Waals surface area contributed by atoms with Gasteiger partial charge in [-0.3, -0.25) is 4.79 Å². The van der Waals surface area contributed by atoms with Gasteiger partial charge >= 0.3 is 0 Å². The standard InChI is InChI=1S/C12H15Br2NO2S/c1-3-8-6-17-7(2)5-15(8)12(16)10-4-9(13)11(14)18-10/h4,7-8H,3,5-6H2,1-2H3/t7-,8+/m1/s1. The first-order valence-electron chi connectivity index (χ1n) is 5.90. The molecule has 1 aliphatic heterocycles. The number of morpholine rings is 1. The van der Waals surface area contributed by atoms with E-state index in [0.29, 0.717) is 13.2 Å². The summed E-state index contributed by atoms with van der Waals surface area (Å²) in [6.45, 7) is 5.40. The van der Waals surface area contributed by atoms with E-state index in [0.717, 1.165) is 19.6 Å². The molecule has 0 aliphatic carbocycles. The smallest absolute Gasteiger partial charge is 0.264 e. The molecule has 1 aromatic rings. The zero-order valence-corrected chi connectivity index (χ0v) is 14.3. The number of hydrogen-bond donors (Lipinski definition) is 0. The lowest BCUT2D eigenvalue weighted by Crippen LogP contribution is -2.51. The molecule has 1 fully saturated rings. The monoisotopic (exact) mass is 395 g/mol. The molecule has 2 atom stereocenters. The number of hydrogen-bond acceptors (Lipinski definition) is 3. The predicted molar refractivity (Wildman–Crippen MR) is 80.2 cm³/mol. The molecule has 0 aromatic carbocycles. The van der Waals surface area contributed by atoms with Crippen molar-refractivity contribution in [3.05, 3.63) is 19.2 Å². The van der Waals surface area contributed by atoms with Crippen molar-refractivity contribution in [3.63, 3.8) is 0 Å². The molecule has 3 nitrogen and oxygen atoms in total. The highest BCUT2D eigenvalue weighted by molar-refractivity contribution is 9.13. The van der Waals surface area contributed by atoms with Gasteiger partial charge in [-0.05, 0) is 51.3 Å². The highest BCUT2D eigenvalue weighted by atomic mass is 79.9. The SMILES string of the molecule is CC[C@H]1CO[C@H](C)CN1C(=O)c1cc(Br)c(Br)s1. The largest absolute Gasteiger partial charge is 0.375 e. The van der Waals surface area contributed by atoms with Gasteiger partial charge in [0.15, 0.2) is 0 Å². The van der Waals surface area contributed by atoms with Crippen LogP contribution in [0.4, 0.5) is 0 Å². The van der Waals surface area contributed by atoms with E-state index < -0.39 is 0 Å². The van der Waals surface area contributed by atoms with E-state index in [-0.39, 0.29) is 18.1 Å². The van der Waals surface area contributed by atoms with E-state index in [4.69, 9.17) is 4.74 Å². The summed E-state index contributed by atoms with van der Waals surface area (Å²) in [6.07, 6.45) is 1.04. The van der Waals surface area contributed by atoms with Crippen LogP contribution in [0.1, 0.15) is 29.9 Å². The van der Waals surface area contributed by atoms with E-state index >= 15 is 0 Å². The molecule has 0 spiro atoms. The fourth-order valence-corrected chi connectivity index (χ4v) is 4.02. The third-order valence-corrected chi connectivity index (χ3v) is 6.30. The lowest BCUT2D eigenvalue weighted by molar-refractivity contribution is -0.0442. The molecular formula is C12H15Br2NO2S. The minimum atomic E-state index is 0.105. The zero-order chi connectivity index (χ0) is 13.3. The summed E-state index contributed by atoms with van der Waals surface area (Å²) in [7, 11) is 0. The predicted octanol–water partition coefficient (Wildman–Crippen LogP) is 3.91. The molecule has 0 unspecified atom stereocenters. The highest BCUT2D eigenvalue weighted by Crippen LogP contribution is 2.33. The van der Waals surface area contributed by atoms with E-state index in [9.17, 15) is 4.79 Å². The summed E-state index contributed by atoms with van der Waals surface area (Å²) in [4.78, 5) is 15.2. The average molecular weight is 397 g/mol. The van der Waals surface area contributed by atoms with Crippen LogP contribution < -0.4 is 0 Å². The normalized spacial score (nSPS) is 24.3. The molecule has 0 saturated carbocycles. The summed E-state index contributed by atoms with van der Waals surface area (Å²) in [5, 5.41) is 0. The minimum absolute atomic E-state index is 0.105. The average Bonchev–Trinajstić information content (AvgIpc) is 2.68. The second kappa shape index (κ2) is 6.03. The lowest BCUT2D eigenvalue weighted by atomic mass is 10.1. The Kier molecular flexibility index (Phi) is 4.86. The Morgan fingerprint density at radius 3 is 2.89 bits per heavy atom. The van der Waals surface area contributed by atoms with Crippen LogP contribution in [0.15, 0.2) is 14.3 Å². The molecule has 1 amide bonds. The number of carbonyl (C=O) groups is 1. The molecular weight excluding hydrogens is 382 g/mol. The van der Waals surface area contributed by atoms with E-state index in [1.807, 2.05) is 17.9 Å². The number of carbonyl (C=O) groups excluding carboxylic acids is 1. The molecule has 2 heterocycles. The summed E-state index contributed by atoms with van der Waals surface area (Å²) < 4.78 is 7.51. The van der Waals surface area contributed by atoms with Crippen molar-refractivity contribution >= 4 is 49.1 Å². The van der Waals surface area contributed by atoms with Crippen molar-refractivity contribution < 1.29 is 9.53 Å². The van der Waals surface area contributed by atoms with Gasteiger partial charge in [0.25, 0.3) is 5.91 Å². The minimum Gasteiger partial charge on any atom is -0.375 e. The highest BCUT2D eigenvalue weighted by Gasteiger charge is 2.30. The second-order valence-corrected chi connectivity index (χ2v) is 7.62. The maximum absolute atomic E-state index is 12.5. The maximum Gasteiger partial charge on any atom is 0.264 e. The number of amides is 1. The van der Waals surface area contributed by atoms with Gasteiger partial charge < -0.3 is 9.64 Å². The summed E-state index contributed by atoms with van der Waals surface area (Å²) in [5.74, 6) is 0.105. The number of halogens is 2. The fraction of sp³-hybridized carbons (Fsp3) is 0.583. The molecule has 18 heavy (non-hydrogen) atoms. The van der Waals surface area contributed by atoms with Crippen molar-refractivity contribution in [3.8, 4) is 0 Å². The quantitative estimate of drug-likeness (QED) is 0.758. The van der Waals surface area contributed by atoms with Gasteiger partial charge in [0.1, 0.15) is 0 Å².